The molecule has 0 fully saturated rings. The summed E-state index contributed by atoms with van der Waals surface area (Å²) in [6.45, 7) is 10.6. The first-order valence-corrected chi connectivity index (χ1v) is 7.78. The van der Waals surface area contributed by atoms with Gasteiger partial charge in [0.1, 0.15) is 11.6 Å². The number of aromatic nitrogens is 3. The van der Waals surface area contributed by atoms with E-state index in [0.717, 1.165) is 31.2 Å². The average molecular weight is 284 g/mol. The Hall–Kier alpha value is -1.68. The molecule has 0 radical (unpaired) electrons. The zero-order chi connectivity index (χ0) is 15.0. The molecule has 21 heavy (non-hydrogen) atoms. The zero-order valence-corrected chi connectivity index (χ0v) is 13.4. The third-order valence-electron chi connectivity index (χ3n) is 4.45. The highest BCUT2D eigenvalue weighted by Gasteiger charge is 2.21. The first-order chi connectivity index (χ1) is 10.1. The average Bonchev–Trinajstić information content (AvgIpc) is 2.99. The molecule has 1 aromatic heterocycles. The number of nitrogens with zero attached hydrogens (tertiary/aromatic N) is 3. The number of fused-ring (bicyclic) bond motifs is 1. The van der Waals surface area contributed by atoms with Crippen molar-refractivity contribution in [3.63, 3.8) is 0 Å². The van der Waals surface area contributed by atoms with Gasteiger partial charge in [-0.3, -0.25) is 0 Å². The van der Waals surface area contributed by atoms with Gasteiger partial charge in [0, 0.05) is 19.5 Å². The molecule has 3 rings (SSSR count). The van der Waals surface area contributed by atoms with Crippen LogP contribution in [-0.4, -0.2) is 14.8 Å². The third-order valence-corrected chi connectivity index (χ3v) is 4.45. The first-order valence-electron chi connectivity index (χ1n) is 7.78. The molecule has 4 nitrogen and oxygen atoms in total. The highest BCUT2D eigenvalue weighted by Crippen LogP contribution is 2.21. The largest absolute Gasteiger partial charge is 0.314 e. The maximum absolute atomic E-state index is 4.36. The highest BCUT2D eigenvalue weighted by molar-refractivity contribution is 5.37. The lowest BCUT2D eigenvalue weighted by Crippen LogP contribution is -2.22. The number of aryl methyl sites for hydroxylation is 4. The van der Waals surface area contributed by atoms with Crippen LogP contribution >= 0.6 is 0 Å². The van der Waals surface area contributed by atoms with E-state index in [1.807, 2.05) is 0 Å². The fourth-order valence-electron chi connectivity index (χ4n) is 3.33. The summed E-state index contributed by atoms with van der Waals surface area (Å²) in [4.78, 5) is 0. The Labute approximate surface area is 126 Å². The molecule has 0 saturated heterocycles. The van der Waals surface area contributed by atoms with E-state index in [4.69, 9.17) is 0 Å². The Balaban J connectivity index is 1.73. The lowest BCUT2D eigenvalue weighted by molar-refractivity contribution is 0.514. The summed E-state index contributed by atoms with van der Waals surface area (Å²) in [5.74, 6) is 2.21. The van der Waals surface area contributed by atoms with E-state index in [-0.39, 0.29) is 6.04 Å². The molecule has 0 amide bonds. The number of hydrogen-bond donors (Lipinski definition) is 1. The van der Waals surface area contributed by atoms with Crippen LogP contribution in [0, 0.1) is 20.8 Å². The molecule has 1 unspecified atom stereocenters. The Kier molecular flexibility index (Phi) is 3.81. The Bertz CT molecular complexity index is 634. The van der Waals surface area contributed by atoms with Crippen LogP contribution in [0.3, 0.4) is 0 Å². The fourth-order valence-corrected chi connectivity index (χ4v) is 3.33. The minimum atomic E-state index is 0.226. The lowest BCUT2D eigenvalue weighted by atomic mass is 9.99. The molecule has 1 aliphatic rings. The summed E-state index contributed by atoms with van der Waals surface area (Å²) >= 11 is 0. The third kappa shape index (κ3) is 2.72. The molecule has 0 saturated carbocycles. The molecule has 2 heterocycles. The standard InChI is InChI=1S/C17H24N4/c1-11-8-12(2)15(13(3)9-11)10-18-14(4)17-20-19-16-6-5-7-21(16)17/h8-9,14,18H,5-7,10H2,1-4H3. The smallest absolute Gasteiger partial charge is 0.149 e. The van der Waals surface area contributed by atoms with Gasteiger partial charge in [-0.05, 0) is 50.8 Å². The lowest BCUT2D eigenvalue weighted by Gasteiger charge is -2.17. The van der Waals surface area contributed by atoms with Gasteiger partial charge in [0.05, 0.1) is 6.04 Å². The topological polar surface area (TPSA) is 42.7 Å². The van der Waals surface area contributed by atoms with Crippen molar-refractivity contribution in [3.05, 3.63) is 46.0 Å². The van der Waals surface area contributed by atoms with Crippen molar-refractivity contribution < 1.29 is 0 Å². The van der Waals surface area contributed by atoms with E-state index in [9.17, 15) is 0 Å². The van der Waals surface area contributed by atoms with E-state index in [2.05, 4.69) is 59.9 Å². The molecular weight excluding hydrogens is 260 g/mol. The van der Waals surface area contributed by atoms with Crippen molar-refractivity contribution >= 4 is 0 Å². The Morgan fingerprint density at radius 2 is 1.90 bits per heavy atom. The molecule has 1 N–H and O–H groups in total. The van der Waals surface area contributed by atoms with Gasteiger partial charge in [-0.2, -0.15) is 0 Å². The van der Waals surface area contributed by atoms with Crippen molar-refractivity contribution in [1.82, 2.24) is 20.1 Å². The summed E-state index contributed by atoms with van der Waals surface area (Å²) in [6, 6.07) is 4.73. The summed E-state index contributed by atoms with van der Waals surface area (Å²) < 4.78 is 2.27. The number of rotatable bonds is 4. The van der Waals surface area contributed by atoms with Crippen LogP contribution in [-0.2, 0) is 19.5 Å². The summed E-state index contributed by atoms with van der Waals surface area (Å²) in [5, 5.41) is 12.3. The Morgan fingerprint density at radius 3 is 2.62 bits per heavy atom. The molecule has 1 aliphatic heterocycles. The van der Waals surface area contributed by atoms with Crippen LogP contribution in [0.2, 0.25) is 0 Å². The van der Waals surface area contributed by atoms with Crippen LogP contribution in [0.5, 0.6) is 0 Å². The van der Waals surface area contributed by atoms with Gasteiger partial charge >= 0.3 is 0 Å². The number of benzene rings is 1. The van der Waals surface area contributed by atoms with E-state index < -0.39 is 0 Å². The molecule has 4 heteroatoms. The molecule has 1 atom stereocenters. The maximum atomic E-state index is 4.36. The van der Waals surface area contributed by atoms with Gasteiger partial charge in [0.25, 0.3) is 0 Å². The van der Waals surface area contributed by atoms with Gasteiger partial charge in [-0.25, -0.2) is 0 Å². The zero-order valence-electron chi connectivity index (χ0n) is 13.4. The van der Waals surface area contributed by atoms with Gasteiger partial charge in [-0.15, -0.1) is 10.2 Å². The SMILES string of the molecule is Cc1cc(C)c(CNC(C)c2nnc3n2CCC3)c(C)c1. The first kappa shape index (κ1) is 14.3. The summed E-state index contributed by atoms with van der Waals surface area (Å²) in [5.41, 5.74) is 5.45. The van der Waals surface area contributed by atoms with Gasteiger partial charge in [-0.1, -0.05) is 17.7 Å². The van der Waals surface area contributed by atoms with E-state index in [1.54, 1.807) is 0 Å². The van der Waals surface area contributed by atoms with Crippen molar-refractivity contribution in [2.24, 2.45) is 0 Å². The van der Waals surface area contributed by atoms with E-state index in [0.29, 0.717) is 0 Å². The van der Waals surface area contributed by atoms with Crippen molar-refractivity contribution in [2.75, 3.05) is 0 Å². The minimum Gasteiger partial charge on any atom is -0.314 e. The van der Waals surface area contributed by atoms with Crippen LogP contribution < -0.4 is 5.32 Å². The molecule has 1 aromatic carbocycles. The van der Waals surface area contributed by atoms with Crippen LogP contribution in [0.1, 0.15) is 53.3 Å². The maximum Gasteiger partial charge on any atom is 0.149 e. The minimum absolute atomic E-state index is 0.226. The normalized spacial score (nSPS) is 15.2. The fraction of sp³-hybridized carbons (Fsp3) is 0.529. The molecule has 0 bridgehead atoms. The second-order valence-electron chi connectivity index (χ2n) is 6.21. The Morgan fingerprint density at radius 1 is 1.19 bits per heavy atom. The van der Waals surface area contributed by atoms with Gasteiger partial charge in [0.15, 0.2) is 0 Å². The predicted molar refractivity (Wildman–Crippen MR) is 84.3 cm³/mol. The van der Waals surface area contributed by atoms with Gasteiger partial charge < -0.3 is 9.88 Å². The van der Waals surface area contributed by atoms with Crippen molar-refractivity contribution in [2.45, 2.75) is 59.7 Å². The van der Waals surface area contributed by atoms with Gasteiger partial charge in [0.2, 0.25) is 0 Å². The summed E-state index contributed by atoms with van der Waals surface area (Å²) in [6.07, 6.45) is 2.26. The van der Waals surface area contributed by atoms with Crippen LogP contribution in [0.4, 0.5) is 0 Å². The quantitative estimate of drug-likeness (QED) is 0.938. The molecular formula is C17H24N4. The van der Waals surface area contributed by atoms with Crippen LogP contribution in [0.15, 0.2) is 12.1 Å². The molecule has 112 valence electrons. The monoisotopic (exact) mass is 284 g/mol. The van der Waals surface area contributed by atoms with Crippen LogP contribution in [0.25, 0.3) is 0 Å². The molecule has 2 aromatic rings. The van der Waals surface area contributed by atoms with E-state index in [1.165, 1.54) is 28.7 Å². The second-order valence-corrected chi connectivity index (χ2v) is 6.21. The summed E-state index contributed by atoms with van der Waals surface area (Å²) in [7, 11) is 0. The molecule has 0 spiro atoms. The van der Waals surface area contributed by atoms with E-state index >= 15 is 0 Å². The van der Waals surface area contributed by atoms with Crippen molar-refractivity contribution in [3.8, 4) is 0 Å². The number of nitrogens with one attached hydrogen (secondary N) is 1. The second kappa shape index (κ2) is 5.60. The molecule has 0 aliphatic carbocycles. The predicted octanol–water partition coefficient (Wildman–Crippen LogP) is 3.00. The van der Waals surface area contributed by atoms with Crippen molar-refractivity contribution in [1.29, 1.82) is 0 Å². The number of hydrogen-bond acceptors (Lipinski definition) is 3. The highest BCUT2D eigenvalue weighted by atomic mass is 15.3.